The second-order valence-corrected chi connectivity index (χ2v) is 16.0. The molecule has 1 atom stereocenters. The molecule has 6 rings (SSSR count). The first kappa shape index (κ1) is 30.1. The summed E-state index contributed by atoms with van der Waals surface area (Å²) >= 11 is 1.55. The molecule has 0 heterocycles. The van der Waals surface area contributed by atoms with Crippen molar-refractivity contribution in [3.8, 4) is 11.1 Å². The van der Waals surface area contributed by atoms with Gasteiger partial charge in [-0.15, -0.1) is 11.6 Å². The van der Waals surface area contributed by atoms with Gasteiger partial charge in [0.15, 0.2) is 0 Å². The van der Waals surface area contributed by atoms with Crippen molar-refractivity contribution in [1.82, 2.24) is 0 Å². The topological polar surface area (TPSA) is 0 Å². The Kier molecular flexibility index (Phi) is 8.38. The number of hydrogen-bond donors (Lipinski definition) is 0. The molecule has 0 aromatic heterocycles. The van der Waals surface area contributed by atoms with Crippen molar-refractivity contribution >= 4 is 14.4 Å². The van der Waals surface area contributed by atoms with Gasteiger partial charge in [-0.25, -0.2) is 11.1 Å². The molecule has 4 aliphatic carbocycles. The van der Waals surface area contributed by atoms with Crippen LogP contribution in [-0.4, -0.2) is 3.21 Å². The minimum absolute atomic E-state index is 0.0340. The first-order valence-corrected chi connectivity index (χ1v) is 15.8. The van der Waals surface area contributed by atoms with Gasteiger partial charge in [0, 0.05) is 5.41 Å². The Labute approximate surface area is 253 Å². The molecule has 0 amide bonds. The van der Waals surface area contributed by atoms with Gasteiger partial charge >= 0.3 is 41.3 Å². The number of hydrogen-bond acceptors (Lipinski definition) is 0. The predicted molar refractivity (Wildman–Crippen MR) is 168 cm³/mol. The maximum absolute atomic E-state index is 3.65. The van der Waals surface area contributed by atoms with Crippen LogP contribution in [0.4, 0.5) is 0 Å². The summed E-state index contributed by atoms with van der Waals surface area (Å²) < 4.78 is 1.51. The molecule has 1 heteroatoms. The average Bonchev–Trinajstić information content (AvgIpc) is 3.46. The Morgan fingerprint density at radius 2 is 1.38 bits per heavy atom. The summed E-state index contributed by atoms with van der Waals surface area (Å²) in [6, 6.07) is 9.81. The van der Waals surface area contributed by atoms with Crippen molar-refractivity contribution in [3.63, 3.8) is 0 Å². The van der Waals surface area contributed by atoms with E-state index in [2.05, 4.69) is 132 Å². The Hall–Kier alpha value is -1.85. The molecule has 0 fully saturated rings. The number of fused-ring (bicyclic) bond motifs is 5. The molecular weight excluding hydrogens is 548 g/mol. The SMILES string of the molecule is CC1=[C-]C(C)(C)c2cc3c(cc21)-c1cc2c(cc1C3)C(C)(C)C=C2C.CC1=[C-]C(C)C=C1C(C)C.C[C](C)=[Zr+2]. The first-order valence-electron chi connectivity index (χ1n) is 14.5. The molecule has 4 aliphatic rings. The molecule has 0 spiro atoms. The van der Waals surface area contributed by atoms with Crippen molar-refractivity contribution in [2.24, 2.45) is 11.8 Å². The third kappa shape index (κ3) is 5.95. The van der Waals surface area contributed by atoms with E-state index < -0.39 is 0 Å². The van der Waals surface area contributed by atoms with Crippen LogP contribution in [0.3, 0.4) is 0 Å². The fourth-order valence-electron chi connectivity index (χ4n) is 6.76. The fourth-order valence-corrected chi connectivity index (χ4v) is 6.76. The van der Waals surface area contributed by atoms with Gasteiger partial charge in [0.1, 0.15) is 0 Å². The van der Waals surface area contributed by atoms with Crippen molar-refractivity contribution in [3.05, 3.63) is 93.1 Å². The van der Waals surface area contributed by atoms with Crippen LogP contribution < -0.4 is 0 Å². The standard InChI is InChI=1S/C25H25.C10H15.C3H6.Zr/c1-14-12-24(3,4)22-8-16-7-17-9-23-19(15(2)13-25(23,5)6)11-21(17)20(16)10-18(14)22;1-7(2)10-6-8(3)5-9(10)4;1-3-2;/h8-12H,7H2,1-6H3;6-8H,1-4H3;1-2H3;/q2*-1;;+2. The van der Waals surface area contributed by atoms with E-state index in [4.69, 9.17) is 0 Å². The van der Waals surface area contributed by atoms with Crippen LogP contribution in [0, 0.1) is 24.0 Å². The van der Waals surface area contributed by atoms with Gasteiger partial charge in [-0.1, -0.05) is 97.8 Å². The van der Waals surface area contributed by atoms with Crippen LogP contribution in [0.2, 0.25) is 0 Å². The number of allylic oxidation sites excluding steroid dienone is 8. The van der Waals surface area contributed by atoms with Crippen LogP contribution in [-0.2, 0) is 41.5 Å². The molecule has 0 saturated heterocycles. The Morgan fingerprint density at radius 3 is 1.87 bits per heavy atom. The second kappa shape index (κ2) is 10.9. The monoisotopic (exact) mass is 592 g/mol. The van der Waals surface area contributed by atoms with Crippen LogP contribution in [0.25, 0.3) is 22.3 Å². The van der Waals surface area contributed by atoms with Crippen LogP contribution in [0.1, 0.15) is 116 Å². The normalized spacial score (nSPS) is 20.3. The first-order chi connectivity index (χ1) is 18.0. The van der Waals surface area contributed by atoms with Gasteiger partial charge in [-0.05, 0) is 58.4 Å². The summed E-state index contributed by atoms with van der Waals surface area (Å²) in [5, 5.41) is 0. The van der Waals surface area contributed by atoms with E-state index in [1.807, 2.05) is 0 Å². The molecule has 0 bridgehead atoms. The summed E-state index contributed by atoms with van der Waals surface area (Å²) in [6.07, 6.45) is 12.8. The molecule has 0 N–H and O–H groups in total. The Balaban J connectivity index is 0.000000210. The minimum atomic E-state index is 0.0340. The second-order valence-electron chi connectivity index (χ2n) is 13.5. The summed E-state index contributed by atoms with van der Waals surface area (Å²) in [5.74, 6) is 1.20. The summed E-state index contributed by atoms with van der Waals surface area (Å²) in [6.45, 7) is 26.7. The summed E-state index contributed by atoms with van der Waals surface area (Å²) in [4.78, 5) is 0. The zero-order valence-electron chi connectivity index (χ0n) is 26.3. The van der Waals surface area contributed by atoms with E-state index >= 15 is 0 Å². The average molecular weight is 594 g/mol. The molecular formula is C38H46Zr. The third-order valence-corrected chi connectivity index (χ3v) is 8.36. The summed E-state index contributed by atoms with van der Waals surface area (Å²) in [7, 11) is 0. The van der Waals surface area contributed by atoms with Crippen molar-refractivity contribution in [2.75, 3.05) is 0 Å². The van der Waals surface area contributed by atoms with Crippen LogP contribution in [0.15, 0.2) is 47.6 Å². The molecule has 0 aliphatic heterocycles. The molecule has 0 nitrogen and oxygen atoms in total. The van der Waals surface area contributed by atoms with Crippen molar-refractivity contribution in [2.45, 2.75) is 100 Å². The maximum atomic E-state index is 3.65. The van der Waals surface area contributed by atoms with Gasteiger partial charge in [-0.3, -0.25) is 12.2 Å². The van der Waals surface area contributed by atoms with Gasteiger partial charge in [0.25, 0.3) is 0 Å². The van der Waals surface area contributed by atoms with E-state index in [1.54, 1.807) is 24.2 Å². The molecule has 1 unspecified atom stereocenters. The van der Waals surface area contributed by atoms with E-state index in [0.29, 0.717) is 11.8 Å². The third-order valence-electron chi connectivity index (χ3n) is 8.36. The zero-order chi connectivity index (χ0) is 29.0. The molecule has 2 aromatic rings. The van der Waals surface area contributed by atoms with Crippen molar-refractivity contribution in [1.29, 1.82) is 0 Å². The van der Waals surface area contributed by atoms with E-state index in [0.717, 1.165) is 6.42 Å². The summed E-state index contributed by atoms with van der Waals surface area (Å²) in [5.41, 5.74) is 17.4. The zero-order valence-corrected chi connectivity index (χ0v) is 28.8. The fraction of sp³-hybridized carbons (Fsp3) is 0.447. The molecule has 0 radical (unpaired) electrons. The molecule has 0 saturated carbocycles. The quantitative estimate of drug-likeness (QED) is 0.246. The van der Waals surface area contributed by atoms with Crippen LogP contribution >= 0.6 is 0 Å². The molecule has 202 valence electrons. The van der Waals surface area contributed by atoms with Gasteiger partial charge < -0.3 is 0 Å². The van der Waals surface area contributed by atoms with E-state index in [1.165, 1.54) is 70.0 Å². The predicted octanol–water partition coefficient (Wildman–Crippen LogP) is 10.2. The Morgan fingerprint density at radius 1 is 0.846 bits per heavy atom. The molecule has 39 heavy (non-hydrogen) atoms. The van der Waals surface area contributed by atoms with Crippen molar-refractivity contribution < 1.29 is 24.2 Å². The number of rotatable bonds is 1. The van der Waals surface area contributed by atoms with E-state index in [-0.39, 0.29) is 10.8 Å². The number of benzene rings is 2. The van der Waals surface area contributed by atoms with E-state index in [9.17, 15) is 0 Å². The van der Waals surface area contributed by atoms with Gasteiger partial charge in [0.05, 0.1) is 0 Å². The molecule has 2 aromatic carbocycles. The van der Waals surface area contributed by atoms with Crippen LogP contribution in [0.5, 0.6) is 0 Å². The van der Waals surface area contributed by atoms with Gasteiger partial charge in [-0.2, -0.15) is 17.2 Å². The van der Waals surface area contributed by atoms with Gasteiger partial charge in [0.2, 0.25) is 0 Å². The Bertz CT molecular complexity index is 1380.